The minimum absolute atomic E-state index is 0.382. The number of nitrogens with two attached hydrogens (primary N) is 1. The number of carbonyl (C=O) groups excluding carboxylic acids is 1. The van der Waals surface area contributed by atoms with Crippen LogP contribution in [-0.2, 0) is 5.75 Å². The van der Waals surface area contributed by atoms with Gasteiger partial charge in [-0.25, -0.2) is 4.79 Å². The Balaban J connectivity index is 1.58. The molecular weight excluding hydrogens is 382 g/mol. The lowest BCUT2D eigenvalue weighted by Crippen LogP contribution is -2.08. The van der Waals surface area contributed by atoms with E-state index in [1.807, 2.05) is 55.5 Å². The molecule has 0 aliphatic heterocycles. The van der Waals surface area contributed by atoms with E-state index >= 15 is 0 Å². The molecule has 0 fully saturated rings. The van der Waals surface area contributed by atoms with Gasteiger partial charge in [0.15, 0.2) is 5.17 Å². The first-order valence-corrected chi connectivity index (χ1v) is 10.0. The van der Waals surface area contributed by atoms with Gasteiger partial charge in [0.25, 0.3) is 0 Å². The maximum absolute atomic E-state index is 12.3. The van der Waals surface area contributed by atoms with E-state index in [4.69, 9.17) is 10.5 Å². The lowest BCUT2D eigenvalue weighted by atomic mass is 10.1. The van der Waals surface area contributed by atoms with Crippen LogP contribution < -0.4 is 10.5 Å². The molecule has 3 aromatic carbocycles. The van der Waals surface area contributed by atoms with Crippen LogP contribution in [0.1, 0.15) is 27.0 Å². The van der Waals surface area contributed by atoms with Crippen molar-refractivity contribution in [2.45, 2.75) is 12.7 Å². The lowest BCUT2D eigenvalue weighted by Gasteiger charge is -2.05. The molecule has 0 aliphatic rings. The van der Waals surface area contributed by atoms with Gasteiger partial charge in [0.2, 0.25) is 0 Å². The second-order valence-corrected chi connectivity index (χ2v) is 7.28. The molecule has 0 spiro atoms. The maximum Gasteiger partial charge on any atom is 0.343 e. The highest BCUT2D eigenvalue weighted by atomic mass is 32.2. The van der Waals surface area contributed by atoms with Gasteiger partial charge in [0.1, 0.15) is 5.75 Å². The fraction of sp³-hybridized carbons (Fsp3) is 0.0870. The van der Waals surface area contributed by atoms with Crippen molar-refractivity contribution >= 4 is 29.1 Å². The Hall–Kier alpha value is -3.38. The van der Waals surface area contributed by atoms with Crippen molar-refractivity contribution < 1.29 is 9.53 Å². The van der Waals surface area contributed by atoms with Crippen molar-refractivity contribution in [3.63, 3.8) is 0 Å². The summed E-state index contributed by atoms with van der Waals surface area (Å²) in [7, 11) is 0. The minimum Gasteiger partial charge on any atom is -0.423 e. The quantitative estimate of drug-likeness (QED) is 0.211. The number of amidine groups is 1. The number of esters is 1. The zero-order chi connectivity index (χ0) is 20.5. The van der Waals surface area contributed by atoms with E-state index in [-0.39, 0.29) is 0 Å². The molecule has 0 atom stereocenters. The van der Waals surface area contributed by atoms with Crippen LogP contribution in [0.3, 0.4) is 0 Å². The number of carbonyl (C=O) groups is 1. The van der Waals surface area contributed by atoms with Gasteiger partial charge in [0.05, 0.1) is 11.8 Å². The molecule has 0 bridgehead atoms. The van der Waals surface area contributed by atoms with Crippen LogP contribution in [0.2, 0.25) is 0 Å². The number of nitrogens with zero attached hydrogens (tertiary/aromatic N) is 2. The van der Waals surface area contributed by atoms with Gasteiger partial charge < -0.3 is 10.5 Å². The number of ether oxygens (including phenoxy) is 1. The van der Waals surface area contributed by atoms with Crippen molar-refractivity contribution in [2.75, 3.05) is 0 Å². The molecule has 0 heterocycles. The van der Waals surface area contributed by atoms with Gasteiger partial charge in [-0.2, -0.15) is 5.10 Å². The number of thioether (sulfide) groups is 1. The molecule has 146 valence electrons. The smallest absolute Gasteiger partial charge is 0.343 e. The first kappa shape index (κ1) is 20.4. The molecule has 3 aromatic rings. The highest BCUT2D eigenvalue weighted by Crippen LogP contribution is 2.15. The summed E-state index contributed by atoms with van der Waals surface area (Å²) >= 11 is 1.42. The Kier molecular flexibility index (Phi) is 7.19. The first-order valence-electron chi connectivity index (χ1n) is 9.02. The molecule has 29 heavy (non-hydrogen) atoms. The summed E-state index contributed by atoms with van der Waals surface area (Å²) in [6.45, 7) is 1.93. The van der Waals surface area contributed by atoms with Crippen molar-refractivity contribution in [1.29, 1.82) is 0 Å². The van der Waals surface area contributed by atoms with Gasteiger partial charge >= 0.3 is 5.97 Å². The van der Waals surface area contributed by atoms with Crippen LogP contribution in [0.25, 0.3) is 0 Å². The summed E-state index contributed by atoms with van der Waals surface area (Å²) in [5.74, 6) is 0.772. The second-order valence-electron chi connectivity index (χ2n) is 6.29. The Morgan fingerprint density at radius 1 is 1.03 bits per heavy atom. The average Bonchev–Trinajstić information content (AvgIpc) is 2.73. The molecule has 3 rings (SSSR count). The van der Waals surface area contributed by atoms with Gasteiger partial charge in [-0.05, 0) is 42.3 Å². The topological polar surface area (TPSA) is 77.0 Å². The van der Waals surface area contributed by atoms with Crippen LogP contribution in [0.4, 0.5) is 0 Å². The van der Waals surface area contributed by atoms with Crippen LogP contribution in [0.5, 0.6) is 5.75 Å². The number of benzene rings is 3. The Bertz CT molecular complexity index is 1030. The second kappa shape index (κ2) is 10.2. The fourth-order valence-corrected chi connectivity index (χ4v) is 3.12. The third-order valence-electron chi connectivity index (χ3n) is 3.92. The van der Waals surface area contributed by atoms with E-state index in [0.717, 1.165) is 16.9 Å². The Labute approximate surface area is 174 Å². The summed E-state index contributed by atoms with van der Waals surface area (Å²) in [5, 5.41) is 8.40. The molecule has 0 saturated heterocycles. The van der Waals surface area contributed by atoms with Gasteiger partial charge in [0, 0.05) is 5.75 Å². The monoisotopic (exact) mass is 403 g/mol. The summed E-state index contributed by atoms with van der Waals surface area (Å²) in [5.41, 5.74) is 9.32. The standard InChI is InChI=1S/C23H21N3O2S/c1-17-7-5-11-20(13-17)22(27)28-21-12-6-10-19(14-21)15-25-26-23(24)29-16-18-8-3-2-4-9-18/h2-15H,16H2,1H3,(H2,24,26). The van der Waals surface area contributed by atoms with Crippen LogP contribution in [0.15, 0.2) is 89.1 Å². The van der Waals surface area contributed by atoms with E-state index in [1.54, 1.807) is 36.5 Å². The first-order chi connectivity index (χ1) is 14.1. The van der Waals surface area contributed by atoms with Gasteiger partial charge in [-0.1, -0.05) is 71.9 Å². The van der Waals surface area contributed by atoms with E-state index < -0.39 is 5.97 Å². The van der Waals surface area contributed by atoms with Crippen LogP contribution in [-0.4, -0.2) is 17.4 Å². The van der Waals surface area contributed by atoms with Crippen LogP contribution >= 0.6 is 11.8 Å². The number of aryl methyl sites for hydroxylation is 1. The Morgan fingerprint density at radius 3 is 2.62 bits per heavy atom. The number of hydrogen-bond donors (Lipinski definition) is 1. The van der Waals surface area contributed by atoms with E-state index in [9.17, 15) is 4.79 Å². The normalized spacial score (nSPS) is 11.6. The number of hydrogen-bond acceptors (Lipinski definition) is 5. The molecule has 6 heteroatoms. The van der Waals surface area contributed by atoms with Crippen molar-refractivity contribution in [3.8, 4) is 5.75 Å². The third-order valence-corrected chi connectivity index (χ3v) is 4.77. The van der Waals surface area contributed by atoms with E-state index in [2.05, 4.69) is 10.2 Å². The minimum atomic E-state index is -0.401. The van der Waals surface area contributed by atoms with Gasteiger partial charge in [-0.15, -0.1) is 5.10 Å². The van der Waals surface area contributed by atoms with E-state index in [1.165, 1.54) is 17.3 Å². The molecular formula is C23H21N3O2S. The van der Waals surface area contributed by atoms with Gasteiger partial charge in [-0.3, -0.25) is 0 Å². The summed E-state index contributed by atoms with van der Waals surface area (Å²) in [6, 6.07) is 24.4. The summed E-state index contributed by atoms with van der Waals surface area (Å²) in [4.78, 5) is 12.3. The fourth-order valence-electron chi connectivity index (χ4n) is 2.51. The molecule has 2 N–H and O–H groups in total. The largest absolute Gasteiger partial charge is 0.423 e. The molecule has 0 amide bonds. The molecule has 0 unspecified atom stereocenters. The molecule has 0 saturated carbocycles. The predicted octanol–water partition coefficient (Wildman–Crippen LogP) is 4.80. The summed E-state index contributed by atoms with van der Waals surface area (Å²) in [6.07, 6.45) is 1.57. The zero-order valence-corrected chi connectivity index (χ0v) is 16.8. The zero-order valence-electron chi connectivity index (χ0n) is 16.0. The highest BCUT2D eigenvalue weighted by molar-refractivity contribution is 8.13. The van der Waals surface area contributed by atoms with E-state index in [0.29, 0.717) is 16.5 Å². The summed E-state index contributed by atoms with van der Waals surface area (Å²) < 4.78 is 5.45. The number of rotatable bonds is 6. The SMILES string of the molecule is Cc1cccc(C(=O)Oc2cccc(C=NN=C(N)SCc3ccccc3)c2)c1. The third kappa shape index (κ3) is 6.62. The van der Waals surface area contributed by atoms with Crippen molar-refractivity contribution in [2.24, 2.45) is 15.9 Å². The van der Waals surface area contributed by atoms with Crippen LogP contribution in [0, 0.1) is 6.92 Å². The van der Waals surface area contributed by atoms with Crippen molar-refractivity contribution in [3.05, 3.63) is 101 Å². The molecule has 5 nitrogen and oxygen atoms in total. The molecule has 0 aliphatic carbocycles. The lowest BCUT2D eigenvalue weighted by molar-refractivity contribution is 0.0734. The molecule has 0 aromatic heterocycles. The maximum atomic E-state index is 12.3. The predicted molar refractivity (Wildman–Crippen MR) is 120 cm³/mol. The highest BCUT2D eigenvalue weighted by Gasteiger charge is 2.08. The van der Waals surface area contributed by atoms with Crippen molar-refractivity contribution in [1.82, 2.24) is 0 Å². The molecule has 0 radical (unpaired) electrons. The Morgan fingerprint density at radius 2 is 1.83 bits per heavy atom. The average molecular weight is 404 g/mol.